The molecule has 4 aromatic rings. The molecule has 10 heteroatoms. The number of anilines is 1. The third-order valence-corrected chi connectivity index (χ3v) is 9.41. The first-order valence-electron chi connectivity index (χ1n) is 14.5. The Kier molecular flexibility index (Phi) is 7.51. The molecule has 3 fully saturated rings. The Morgan fingerprint density at radius 1 is 0.900 bits per heavy atom. The van der Waals surface area contributed by atoms with E-state index in [1.807, 2.05) is 28.3 Å². The molecule has 0 amide bonds. The topological polar surface area (TPSA) is 71.8 Å². The van der Waals surface area contributed by atoms with Crippen LogP contribution < -0.4 is 4.90 Å². The van der Waals surface area contributed by atoms with E-state index in [2.05, 4.69) is 52.0 Å². The summed E-state index contributed by atoms with van der Waals surface area (Å²) in [6.45, 7) is 12.4. The molecule has 0 atom stereocenters. The van der Waals surface area contributed by atoms with Gasteiger partial charge in [-0.05, 0) is 38.0 Å². The zero-order valence-electron chi connectivity index (χ0n) is 23.2. The van der Waals surface area contributed by atoms with Gasteiger partial charge in [0.1, 0.15) is 0 Å². The van der Waals surface area contributed by atoms with E-state index in [0.29, 0.717) is 12.0 Å². The summed E-state index contributed by atoms with van der Waals surface area (Å²) in [7, 11) is 0. The number of likely N-dealkylation sites (tertiary alicyclic amines) is 1. The summed E-state index contributed by atoms with van der Waals surface area (Å²) < 4.78 is 14.2. The highest BCUT2D eigenvalue weighted by molar-refractivity contribution is 7.19. The molecule has 40 heavy (non-hydrogen) atoms. The second kappa shape index (κ2) is 11.5. The van der Waals surface area contributed by atoms with Gasteiger partial charge in [0, 0.05) is 68.5 Å². The Hall–Kier alpha value is -2.89. The fourth-order valence-electron chi connectivity index (χ4n) is 6.12. The first-order chi connectivity index (χ1) is 19.7. The standard InChI is InChI=1S/C30H37N7O2S/c1-22-3-2-4-23(19-22)26-7-10-37(33-26)30-31-27-20-25(40-28(27)29(32-30)36-13-17-39-18-14-36)21-34-8-5-24(6-9-34)35-11-15-38-16-12-35/h2-4,7,10,19-20,24H,5-6,8-9,11-18,21H2,1H3. The largest absolute Gasteiger partial charge is 0.379 e. The molecule has 0 saturated carbocycles. The third-order valence-electron chi connectivity index (χ3n) is 8.31. The Bertz CT molecular complexity index is 1450. The molecule has 7 rings (SSSR count). The van der Waals surface area contributed by atoms with Crippen molar-refractivity contribution in [1.82, 2.24) is 29.5 Å². The predicted octanol–water partition coefficient (Wildman–Crippen LogP) is 3.99. The number of hydrogen-bond donors (Lipinski definition) is 0. The summed E-state index contributed by atoms with van der Waals surface area (Å²) >= 11 is 1.84. The van der Waals surface area contributed by atoms with E-state index in [0.717, 1.165) is 99.5 Å². The lowest BCUT2D eigenvalue weighted by Crippen LogP contribution is -2.48. The van der Waals surface area contributed by atoms with Crippen molar-refractivity contribution in [2.45, 2.75) is 32.4 Å². The van der Waals surface area contributed by atoms with Crippen LogP contribution in [0.3, 0.4) is 0 Å². The molecule has 3 aromatic heterocycles. The van der Waals surface area contributed by atoms with Gasteiger partial charge in [0.25, 0.3) is 5.95 Å². The monoisotopic (exact) mass is 559 g/mol. The van der Waals surface area contributed by atoms with E-state index < -0.39 is 0 Å². The molecule has 1 aromatic carbocycles. The Morgan fingerprint density at radius 3 is 2.45 bits per heavy atom. The van der Waals surface area contributed by atoms with Crippen molar-refractivity contribution in [3.05, 3.63) is 53.0 Å². The van der Waals surface area contributed by atoms with E-state index in [-0.39, 0.29) is 0 Å². The highest BCUT2D eigenvalue weighted by atomic mass is 32.1. The number of benzene rings is 1. The Labute approximate surface area is 239 Å². The summed E-state index contributed by atoms with van der Waals surface area (Å²) in [5.41, 5.74) is 4.24. The minimum Gasteiger partial charge on any atom is -0.379 e. The van der Waals surface area contributed by atoms with Crippen LogP contribution in [0, 0.1) is 6.92 Å². The Balaban J connectivity index is 1.14. The number of aryl methyl sites for hydroxylation is 1. The van der Waals surface area contributed by atoms with E-state index >= 15 is 0 Å². The van der Waals surface area contributed by atoms with Crippen LogP contribution in [0.4, 0.5) is 5.82 Å². The second-order valence-electron chi connectivity index (χ2n) is 11.0. The molecule has 9 nitrogen and oxygen atoms in total. The lowest BCUT2D eigenvalue weighted by molar-refractivity contribution is 0.000310. The molecule has 210 valence electrons. The molecule has 0 unspecified atom stereocenters. The number of nitrogens with zero attached hydrogens (tertiary/aromatic N) is 7. The Morgan fingerprint density at radius 2 is 1.68 bits per heavy atom. The average molecular weight is 560 g/mol. The molecule has 0 bridgehead atoms. The second-order valence-corrected chi connectivity index (χ2v) is 12.2. The van der Waals surface area contributed by atoms with Gasteiger partial charge in [-0.25, -0.2) is 9.67 Å². The number of aromatic nitrogens is 4. The van der Waals surface area contributed by atoms with Gasteiger partial charge in [0.15, 0.2) is 5.82 Å². The number of fused-ring (bicyclic) bond motifs is 1. The summed E-state index contributed by atoms with van der Waals surface area (Å²) in [5, 5.41) is 4.86. The van der Waals surface area contributed by atoms with Crippen molar-refractivity contribution in [1.29, 1.82) is 0 Å². The van der Waals surface area contributed by atoms with Crippen LogP contribution in [0.15, 0.2) is 42.6 Å². The number of rotatable bonds is 6. The van der Waals surface area contributed by atoms with Crippen LogP contribution in [-0.2, 0) is 16.0 Å². The quantitative estimate of drug-likeness (QED) is 0.351. The SMILES string of the molecule is Cc1cccc(-c2ccn(-c3nc(N4CCOCC4)c4sc(CN5CCC(N6CCOCC6)CC5)cc4n3)n2)c1. The maximum absolute atomic E-state index is 5.65. The highest BCUT2D eigenvalue weighted by Gasteiger charge is 2.27. The van der Waals surface area contributed by atoms with Gasteiger partial charge < -0.3 is 14.4 Å². The smallest absolute Gasteiger partial charge is 0.253 e. The molecule has 6 heterocycles. The summed E-state index contributed by atoms with van der Waals surface area (Å²) in [6, 6.07) is 13.4. The zero-order valence-corrected chi connectivity index (χ0v) is 24.0. The van der Waals surface area contributed by atoms with Crippen molar-refractivity contribution < 1.29 is 9.47 Å². The van der Waals surface area contributed by atoms with Crippen molar-refractivity contribution in [2.75, 3.05) is 70.6 Å². The van der Waals surface area contributed by atoms with E-state index in [1.165, 1.54) is 23.3 Å². The fraction of sp³-hybridized carbons (Fsp3) is 0.500. The van der Waals surface area contributed by atoms with Gasteiger partial charge in [-0.2, -0.15) is 10.1 Å². The van der Waals surface area contributed by atoms with Gasteiger partial charge in [-0.15, -0.1) is 11.3 Å². The molecule has 0 aliphatic carbocycles. The first-order valence-corrected chi connectivity index (χ1v) is 15.3. The molecule has 0 spiro atoms. The van der Waals surface area contributed by atoms with E-state index in [1.54, 1.807) is 0 Å². The highest BCUT2D eigenvalue weighted by Crippen LogP contribution is 2.34. The van der Waals surface area contributed by atoms with Gasteiger partial charge in [0.05, 0.1) is 42.3 Å². The molecule has 0 radical (unpaired) electrons. The van der Waals surface area contributed by atoms with E-state index in [9.17, 15) is 0 Å². The molecule has 3 aliphatic heterocycles. The van der Waals surface area contributed by atoms with Crippen LogP contribution in [0.2, 0.25) is 0 Å². The van der Waals surface area contributed by atoms with Crippen molar-refractivity contribution >= 4 is 27.4 Å². The van der Waals surface area contributed by atoms with Crippen molar-refractivity contribution in [3.63, 3.8) is 0 Å². The van der Waals surface area contributed by atoms with Gasteiger partial charge >= 0.3 is 0 Å². The summed E-state index contributed by atoms with van der Waals surface area (Å²) in [6.07, 6.45) is 4.43. The van der Waals surface area contributed by atoms with Gasteiger partial charge in [0.2, 0.25) is 0 Å². The fourth-order valence-corrected chi connectivity index (χ4v) is 7.28. The third kappa shape index (κ3) is 5.51. The zero-order chi connectivity index (χ0) is 26.9. The molecule has 3 saturated heterocycles. The normalized spacial score (nSPS) is 20.0. The maximum Gasteiger partial charge on any atom is 0.253 e. The number of hydrogen-bond acceptors (Lipinski definition) is 9. The number of morpholine rings is 2. The van der Waals surface area contributed by atoms with Gasteiger partial charge in [-0.3, -0.25) is 9.80 Å². The lowest BCUT2D eigenvalue weighted by atomic mass is 10.0. The van der Waals surface area contributed by atoms with Crippen molar-refractivity contribution in [3.8, 4) is 17.2 Å². The number of piperidine rings is 1. The molecule has 3 aliphatic rings. The number of ether oxygens (including phenoxy) is 2. The van der Waals surface area contributed by atoms with E-state index in [4.69, 9.17) is 24.5 Å². The van der Waals surface area contributed by atoms with Crippen LogP contribution in [0.5, 0.6) is 0 Å². The van der Waals surface area contributed by atoms with Crippen molar-refractivity contribution in [2.24, 2.45) is 0 Å². The van der Waals surface area contributed by atoms with Crippen LogP contribution in [-0.4, -0.2) is 101 Å². The molecular formula is C30H37N7O2S. The molecular weight excluding hydrogens is 522 g/mol. The first kappa shape index (κ1) is 26.0. The molecule has 0 N–H and O–H groups in total. The van der Waals surface area contributed by atoms with Crippen LogP contribution >= 0.6 is 11.3 Å². The summed E-state index contributed by atoms with van der Waals surface area (Å²) in [5.74, 6) is 1.61. The van der Waals surface area contributed by atoms with Crippen LogP contribution in [0.1, 0.15) is 23.3 Å². The minimum absolute atomic E-state index is 0.614. The van der Waals surface area contributed by atoms with Gasteiger partial charge in [-0.1, -0.05) is 23.8 Å². The summed E-state index contributed by atoms with van der Waals surface area (Å²) in [4.78, 5) is 19.0. The number of thiophene rings is 1. The van der Waals surface area contributed by atoms with Crippen LogP contribution in [0.25, 0.3) is 27.4 Å². The maximum atomic E-state index is 5.65. The lowest BCUT2D eigenvalue weighted by Gasteiger charge is -2.40. The minimum atomic E-state index is 0.614. The predicted molar refractivity (Wildman–Crippen MR) is 158 cm³/mol. The average Bonchev–Trinajstić information content (AvgIpc) is 3.65.